The van der Waals surface area contributed by atoms with Crippen molar-refractivity contribution < 1.29 is 14.4 Å². The van der Waals surface area contributed by atoms with Crippen LogP contribution in [-0.4, -0.2) is 27.4 Å². The number of rotatable bonds is 7. The number of benzene rings is 4. The Labute approximate surface area is 226 Å². The van der Waals surface area contributed by atoms with Crippen LogP contribution in [0.4, 0.5) is 11.4 Å². The van der Waals surface area contributed by atoms with Gasteiger partial charge in [0.15, 0.2) is 5.78 Å². The molecule has 0 aliphatic carbocycles. The van der Waals surface area contributed by atoms with Crippen LogP contribution in [0.25, 0.3) is 5.69 Å². The molecule has 7 heteroatoms. The van der Waals surface area contributed by atoms with Crippen molar-refractivity contribution in [3.63, 3.8) is 0 Å². The van der Waals surface area contributed by atoms with E-state index < -0.39 is 5.91 Å². The highest BCUT2D eigenvalue weighted by Gasteiger charge is 2.19. The van der Waals surface area contributed by atoms with E-state index in [2.05, 4.69) is 15.7 Å². The average Bonchev–Trinajstić information content (AvgIpc) is 3.26. The highest BCUT2D eigenvalue weighted by Crippen LogP contribution is 2.24. The second-order valence-corrected chi connectivity index (χ2v) is 9.02. The number of nitrogens with zero attached hydrogens (tertiary/aromatic N) is 2. The summed E-state index contributed by atoms with van der Waals surface area (Å²) in [6.45, 7) is 3.75. The summed E-state index contributed by atoms with van der Waals surface area (Å²) < 4.78 is 1.80. The van der Waals surface area contributed by atoms with Gasteiger partial charge in [-0.3, -0.25) is 14.4 Å². The molecule has 0 saturated heterocycles. The predicted molar refractivity (Wildman–Crippen MR) is 152 cm³/mol. The lowest BCUT2D eigenvalue weighted by Crippen LogP contribution is -2.17. The lowest BCUT2D eigenvalue weighted by molar-refractivity contribution is 0.0996. The van der Waals surface area contributed by atoms with Crippen molar-refractivity contribution in [3.8, 4) is 5.69 Å². The Morgan fingerprint density at radius 3 is 1.87 bits per heavy atom. The van der Waals surface area contributed by atoms with Crippen LogP contribution >= 0.6 is 0 Å². The number of amides is 2. The van der Waals surface area contributed by atoms with Crippen LogP contribution in [0.5, 0.6) is 0 Å². The molecule has 4 aromatic carbocycles. The molecule has 2 amide bonds. The molecule has 39 heavy (non-hydrogen) atoms. The average molecular weight is 515 g/mol. The molecule has 192 valence electrons. The van der Waals surface area contributed by atoms with Gasteiger partial charge in [-0.05, 0) is 56.3 Å². The van der Waals surface area contributed by atoms with Gasteiger partial charge < -0.3 is 10.6 Å². The first-order valence-corrected chi connectivity index (χ1v) is 12.5. The quantitative estimate of drug-likeness (QED) is 0.252. The van der Waals surface area contributed by atoms with Crippen LogP contribution in [0, 0.1) is 13.8 Å². The third-order valence-electron chi connectivity index (χ3n) is 6.39. The Morgan fingerprint density at radius 2 is 1.21 bits per heavy atom. The minimum Gasteiger partial charge on any atom is -0.322 e. The minimum atomic E-state index is -0.411. The molecule has 0 aliphatic rings. The molecule has 5 aromatic rings. The Morgan fingerprint density at radius 1 is 0.615 bits per heavy atom. The van der Waals surface area contributed by atoms with Crippen molar-refractivity contribution >= 4 is 29.0 Å². The van der Waals surface area contributed by atoms with E-state index in [0.29, 0.717) is 33.8 Å². The van der Waals surface area contributed by atoms with Crippen LogP contribution in [0.15, 0.2) is 109 Å². The van der Waals surface area contributed by atoms with Gasteiger partial charge in [-0.2, -0.15) is 5.10 Å². The summed E-state index contributed by atoms with van der Waals surface area (Å²) >= 11 is 0. The summed E-state index contributed by atoms with van der Waals surface area (Å²) in [5.74, 6) is -0.924. The van der Waals surface area contributed by atoms with Crippen LogP contribution in [-0.2, 0) is 0 Å². The van der Waals surface area contributed by atoms with Crippen molar-refractivity contribution in [2.75, 3.05) is 10.6 Å². The summed E-state index contributed by atoms with van der Waals surface area (Å²) in [5.41, 5.74) is 5.12. The highest BCUT2D eigenvalue weighted by molar-refractivity contribution is 6.17. The Balaban J connectivity index is 1.29. The fraction of sp³-hybridized carbons (Fsp3) is 0.0625. The van der Waals surface area contributed by atoms with Gasteiger partial charge in [0, 0.05) is 22.4 Å². The van der Waals surface area contributed by atoms with Crippen LogP contribution in [0.2, 0.25) is 0 Å². The molecule has 1 heterocycles. The molecule has 7 nitrogen and oxygen atoms in total. The number of hydrogen-bond donors (Lipinski definition) is 2. The van der Waals surface area contributed by atoms with E-state index in [1.54, 1.807) is 77.5 Å². The summed E-state index contributed by atoms with van der Waals surface area (Å²) in [5, 5.41) is 10.4. The van der Waals surface area contributed by atoms with Crippen molar-refractivity contribution in [2.24, 2.45) is 0 Å². The zero-order chi connectivity index (χ0) is 27.4. The zero-order valence-corrected chi connectivity index (χ0v) is 21.5. The van der Waals surface area contributed by atoms with E-state index in [4.69, 9.17) is 0 Å². The molecule has 1 aromatic heterocycles. The monoisotopic (exact) mass is 514 g/mol. The van der Waals surface area contributed by atoms with E-state index >= 15 is 0 Å². The summed E-state index contributed by atoms with van der Waals surface area (Å²) in [6.07, 6.45) is 0. The van der Waals surface area contributed by atoms with E-state index in [1.165, 1.54) is 0 Å². The lowest BCUT2D eigenvalue weighted by atomic mass is 9.98. The van der Waals surface area contributed by atoms with Gasteiger partial charge in [-0.15, -0.1) is 0 Å². The number of nitrogens with one attached hydrogen (secondary N) is 2. The normalized spacial score (nSPS) is 10.6. The summed E-state index contributed by atoms with van der Waals surface area (Å²) in [6, 6.07) is 31.8. The van der Waals surface area contributed by atoms with Gasteiger partial charge in [0.05, 0.1) is 28.3 Å². The molecule has 0 atom stereocenters. The molecule has 0 bridgehead atoms. The van der Waals surface area contributed by atoms with Crippen LogP contribution in [0.3, 0.4) is 0 Å². The molecule has 0 unspecified atom stereocenters. The molecule has 0 radical (unpaired) electrons. The molecule has 0 saturated carbocycles. The first-order chi connectivity index (χ1) is 18.9. The van der Waals surface area contributed by atoms with Crippen molar-refractivity contribution in [1.82, 2.24) is 9.78 Å². The molecular weight excluding hydrogens is 488 g/mol. The van der Waals surface area contributed by atoms with Gasteiger partial charge in [0.1, 0.15) is 0 Å². The maximum Gasteiger partial charge on any atom is 0.256 e. The second kappa shape index (κ2) is 11.0. The lowest BCUT2D eigenvalue weighted by Gasteiger charge is -2.11. The summed E-state index contributed by atoms with van der Waals surface area (Å²) in [7, 11) is 0. The first-order valence-electron chi connectivity index (χ1n) is 12.5. The van der Waals surface area contributed by atoms with Gasteiger partial charge in [-0.25, -0.2) is 4.68 Å². The Bertz CT molecular complexity index is 1660. The number of aryl methyl sites for hydroxylation is 1. The number of hydrogen-bond acceptors (Lipinski definition) is 4. The zero-order valence-electron chi connectivity index (χ0n) is 21.5. The van der Waals surface area contributed by atoms with E-state index in [-0.39, 0.29) is 17.3 Å². The third-order valence-corrected chi connectivity index (χ3v) is 6.39. The van der Waals surface area contributed by atoms with Gasteiger partial charge in [0.25, 0.3) is 11.8 Å². The highest BCUT2D eigenvalue weighted by atomic mass is 16.2. The molecular formula is C32H26N4O3. The molecule has 0 spiro atoms. The standard InChI is InChI=1S/C32H26N4O3/c1-21-29(22(2)36(35-21)26-13-7-4-8-14-26)34-31(38)24-17-19-25(20-18-24)33-32(39)28-16-10-9-15-27(28)30(37)23-11-5-3-6-12-23/h3-20H,1-2H3,(H,33,39)(H,34,38). The third kappa shape index (κ3) is 5.38. The fourth-order valence-electron chi connectivity index (χ4n) is 4.36. The molecule has 0 aliphatic heterocycles. The maximum absolute atomic E-state index is 13.1. The van der Waals surface area contributed by atoms with Gasteiger partial charge >= 0.3 is 0 Å². The minimum absolute atomic E-state index is 0.227. The number of anilines is 2. The predicted octanol–water partition coefficient (Wildman–Crippen LogP) is 6.22. The van der Waals surface area contributed by atoms with Crippen molar-refractivity contribution in [3.05, 3.63) is 143 Å². The number of carbonyl (C=O) groups excluding carboxylic acids is 3. The number of ketones is 1. The number of carbonyl (C=O) groups is 3. The second-order valence-electron chi connectivity index (χ2n) is 9.02. The topological polar surface area (TPSA) is 93.1 Å². The number of aromatic nitrogens is 2. The molecule has 5 rings (SSSR count). The molecule has 2 N–H and O–H groups in total. The van der Waals surface area contributed by atoms with Crippen LogP contribution < -0.4 is 10.6 Å². The van der Waals surface area contributed by atoms with Gasteiger partial charge in [-0.1, -0.05) is 66.7 Å². The Kier molecular flexibility index (Phi) is 7.14. The largest absolute Gasteiger partial charge is 0.322 e. The Hall–Kier alpha value is -5.30. The fourth-order valence-corrected chi connectivity index (χ4v) is 4.36. The SMILES string of the molecule is Cc1nn(-c2ccccc2)c(C)c1NC(=O)c1ccc(NC(=O)c2ccccc2C(=O)c2ccccc2)cc1. The van der Waals surface area contributed by atoms with E-state index in [9.17, 15) is 14.4 Å². The van der Waals surface area contributed by atoms with Crippen molar-refractivity contribution in [1.29, 1.82) is 0 Å². The maximum atomic E-state index is 13.1. The van der Waals surface area contributed by atoms with E-state index in [0.717, 1.165) is 11.4 Å². The number of para-hydroxylation sites is 1. The van der Waals surface area contributed by atoms with E-state index in [1.807, 2.05) is 50.2 Å². The van der Waals surface area contributed by atoms with Crippen LogP contribution in [0.1, 0.15) is 48.0 Å². The first kappa shape index (κ1) is 25.4. The van der Waals surface area contributed by atoms with Crippen molar-refractivity contribution in [2.45, 2.75) is 13.8 Å². The summed E-state index contributed by atoms with van der Waals surface area (Å²) in [4.78, 5) is 39.1. The smallest absolute Gasteiger partial charge is 0.256 e. The van der Waals surface area contributed by atoms with Gasteiger partial charge in [0.2, 0.25) is 0 Å². The molecule has 0 fully saturated rings.